The third-order valence-electron chi connectivity index (χ3n) is 3.83. The predicted molar refractivity (Wildman–Crippen MR) is 90.4 cm³/mol. The lowest BCUT2D eigenvalue weighted by molar-refractivity contribution is -0.136. The Balaban J connectivity index is 1.70. The molecule has 0 unspecified atom stereocenters. The second-order valence-corrected chi connectivity index (χ2v) is 6.76. The van der Waals surface area contributed by atoms with Crippen LogP contribution in [-0.4, -0.2) is 53.7 Å². The first-order valence-electron chi connectivity index (χ1n) is 7.82. The Morgan fingerprint density at radius 1 is 1.32 bits per heavy atom. The quantitative estimate of drug-likeness (QED) is 0.783. The van der Waals surface area contributed by atoms with Crippen molar-refractivity contribution in [3.63, 3.8) is 0 Å². The average molecular weight is 363 g/mol. The molecule has 0 aromatic heterocycles. The fourth-order valence-corrected chi connectivity index (χ4v) is 3.46. The maximum Gasteiger partial charge on any atom is 0.338 e. The monoisotopic (exact) mass is 363 g/mol. The van der Waals surface area contributed by atoms with Gasteiger partial charge in [-0.15, -0.1) is 11.8 Å². The van der Waals surface area contributed by atoms with Gasteiger partial charge >= 0.3 is 12.0 Å². The molecule has 2 aliphatic heterocycles. The molecule has 0 radical (unpaired) electrons. The Kier molecular flexibility index (Phi) is 4.93. The molecule has 8 nitrogen and oxygen atoms in total. The number of carbonyl (C=O) groups excluding carboxylic acids is 4. The maximum atomic E-state index is 12.3. The number of rotatable bonds is 3. The summed E-state index contributed by atoms with van der Waals surface area (Å²) < 4.78 is 5.18. The highest BCUT2D eigenvalue weighted by molar-refractivity contribution is 7.99. The third-order valence-corrected chi connectivity index (χ3v) is 4.91. The van der Waals surface area contributed by atoms with Crippen molar-refractivity contribution in [3.8, 4) is 0 Å². The zero-order chi connectivity index (χ0) is 18.0. The minimum Gasteiger partial charge on any atom is -0.449 e. The van der Waals surface area contributed by atoms with Crippen LogP contribution >= 0.6 is 11.8 Å². The van der Waals surface area contributed by atoms with E-state index < -0.39 is 24.0 Å². The van der Waals surface area contributed by atoms with E-state index in [1.807, 2.05) is 0 Å². The minimum absolute atomic E-state index is 0.111. The van der Waals surface area contributed by atoms with Gasteiger partial charge in [-0.3, -0.25) is 14.5 Å². The highest BCUT2D eigenvalue weighted by Crippen LogP contribution is 2.31. The molecule has 1 aromatic rings. The van der Waals surface area contributed by atoms with Crippen LogP contribution in [0.2, 0.25) is 0 Å². The standard InChI is InChI=1S/C16H17N3O5S/c1-9(14(21)19-6-5-17-16(19)23)24-15(22)10-2-3-12-11(8-10)18-13(20)4-7-25-12/h2-3,8-9H,4-7H2,1H3,(H,17,23)(H,18,20)/t9-/m0/s1. The fourth-order valence-electron chi connectivity index (χ4n) is 2.53. The van der Waals surface area contributed by atoms with Crippen molar-refractivity contribution in [2.75, 3.05) is 24.2 Å². The first-order valence-corrected chi connectivity index (χ1v) is 8.81. The first kappa shape index (κ1) is 17.3. The van der Waals surface area contributed by atoms with E-state index in [2.05, 4.69) is 10.6 Å². The van der Waals surface area contributed by atoms with Gasteiger partial charge in [-0.2, -0.15) is 0 Å². The number of carbonyl (C=O) groups is 4. The van der Waals surface area contributed by atoms with Crippen LogP contribution in [0.4, 0.5) is 10.5 Å². The Bertz CT molecular complexity index is 751. The van der Waals surface area contributed by atoms with Crippen LogP contribution in [0, 0.1) is 0 Å². The molecule has 0 spiro atoms. The van der Waals surface area contributed by atoms with Crippen LogP contribution in [0.15, 0.2) is 23.1 Å². The summed E-state index contributed by atoms with van der Waals surface area (Å²) in [6, 6.07) is 4.37. The third kappa shape index (κ3) is 3.76. The number of imide groups is 1. The average Bonchev–Trinajstić information content (AvgIpc) is 2.91. The van der Waals surface area contributed by atoms with Gasteiger partial charge in [0.25, 0.3) is 5.91 Å². The number of nitrogens with zero attached hydrogens (tertiary/aromatic N) is 1. The van der Waals surface area contributed by atoms with Crippen molar-refractivity contribution in [1.29, 1.82) is 0 Å². The van der Waals surface area contributed by atoms with E-state index in [9.17, 15) is 19.2 Å². The number of benzene rings is 1. The summed E-state index contributed by atoms with van der Waals surface area (Å²) in [4.78, 5) is 49.5. The molecule has 25 heavy (non-hydrogen) atoms. The van der Waals surface area contributed by atoms with Gasteiger partial charge in [-0.1, -0.05) is 0 Å². The molecule has 0 bridgehead atoms. The van der Waals surface area contributed by atoms with E-state index in [0.29, 0.717) is 24.4 Å². The van der Waals surface area contributed by atoms with Crippen LogP contribution in [0.5, 0.6) is 0 Å². The molecule has 1 saturated heterocycles. The number of hydrogen-bond donors (Lipinski definition) is 2. The zero-order valence-corrected chi connectivity index (χ0v) is 14.4. The zero-order valence-electron chi connectivity index (χ0n) is 13.5. The van der Waals surface area contributed by atoms with Gasteiger partial charge in [0.05, 0.1) is 11.3 Å². The number of thioether (sulfide) groups is 1. The molecular formula is C16H17N3O5S. The summed E-state index contributed by atoms with van der Waals surface area (Å²) >= 11 is 1.53. The number of esters is 1. The number of anilines is 1. The second-order valence-electron chi connectivity index (χ2n) is 5.63. The van der Waals surface area contributed by atoms with Gasteiger partial charge in [0.15, 0.2) is 6.10 Å². The molecule has 0 saturated carbocycles. The molecule has 0 aliphatic carbocycles. The molecule has 1 aromatic carbocycles. The van der Waals surface area contributed by atoms with Gasteiger partial charge < -0.3 is 15.4 Å². The first-order chi connectivity index (χ1) is 12.0. The number of ether oxygens (including phenoxy) is 1. The number of amides is 4. The lowest BCUT2D eigenvalue weighted by atomic mass is 10.2. The summed E-state index contributed by atoms with van der Waals surface area (Å²) in [5.74, 6) is -0.694. The van der Waals surface area contributed by atoms with Gasteiger partial charge in [0.1, 0.15) is 0 Å². The van der Waals surface area contributed by atoms with E-state index in [1.165, 1.54) is 24.8 Å². The van der Waals surface area contributed by atoms with E-state index in [0.717, 1.165) is 9.80 Å². The molecule has 2 aliphatic rings. The normalized spacial score (nSPS) is 17.9. The molecule has 1 fully saturated rings. The number of fused-ring (bicyclic) bond motifs is 1. The lowest BCUT2D eigenvalue weighted by Gasteiger charge is -2.18. The number of hydrogen-bond acceptors (Lipinski definition) is 6. The molecular weight excluding hydrogens is 346 g/mol. The largest absolute Gasteiger partial charge is 0.449 e. The van der Waals surface area contributed by atoms with E-state index in [1.54, 1.807) is 12.1 Å². The fraction of sp³-hybridized carbons (Fsp3) is 0.375. The van der Waals surface area contributed by atoms with Crippen LogP contribution < -0.4 is 10.6 Å². The molecule has 2 heterocycles. The Morgan fingerprint density at radius 3 is 2.84 bits per heavy atom. The lowest BCUT2D eigenvalue weighted by Crippen LogP contribution is -2.41. The molecule has 2 N–H and O–H groups in total. The highest BCUT2D eigenvalue weighted by Gasteiger charge is 2.31. The van der Waals surface area contributed by atoms with Crippen molar-refractivity contribution < 1.29 is 23.9 Å². The van der Waals surface area contributed by atoms with Crippen molar-refractivity contribution in [1.82, 2.24) is 10.2 Å². The summed E-state index contributed by atoms with van der Waals surface area (Å²) in [6.45, 7) is 2.06. The van der Waals surface area contributed by atoms with Crippen LogP contribution in [0.25, 0.3) is 0 Å². The van der Waals surface area contributed by atoms with Crippen molar-refractivity contribution in [3.05, 3.63) is 23.8 Å². The summed E-state index contributed by atoms with van der Waals surface area (Å²) in [6.07, 6.45) is -0.679. The Morgan fingerprint density at radius 2 is 2.12 bits per heavy atom. The van der Waals surface area contributed by atoms with Gasteiger partial charge in [0.2, 0.25) is 5.91 Å². The topological polar surface area (TPSA) is 105 Å². The van der Waals surface area contributed by atoms with Crippen LogP contribution in [-0.2, 0) is 14.3 Å². The molecule has 1 atom stereocenters. The molecule has 132 valence electrons. The minimum atomic E-state index is -1.08. The number of nitrogens with one attached hydrogen (secondary N) is 2. The smallest absolute Gasteiger partial charge is 0.338 e. The Hall–Kier alpha value is -2.55. The van der Waals surface area contributed by atoms with Crippen LogP contribution in [0.3, 0.4) is 0 Å². The van der Waals surface area contributed by atoms with E-state index >= 15 is 0 Å². The van der Waals surface area contributed by atoms with Crippen molar-refractivity contribution in [2.45, 2.75) is 24.3 Å². The summed E-state index contributed by atoms with van der Waals surface area (Å²) in [5, 5.41) is 5.27. The molecule has 3 rings (SSSR count). The van der Waals surface area contributed by atoms with Crippen LogP contribution in [0.1, 0.15) is 23.7 Å². The highest BCUT2D eigenvalue weighted by atomic mass is 32.2. The van der Waals surface area contributed by atoms with Gasteiger partial charge in [-0.05, 0) is 25.1 Å². The van der Waals surface area contributed by atoms with Gasteiger partial charge in [0, 0.05) is 30.2 Å². The van der Waals surface area contributed by atoms with Crippen molar-refractivity contribution in [2.24, 2.45) is 0 Å². The second kappa shape index (κ2) is 7.14. The Labute approximate surface area is 148 Å². The summed E-state index contributed by atoms with van der Waals surface area (Å²) in [7, 11) is 0. The number of urea groups is 1. The predicted octanol–water partition coefficient (Wildman–Crippen LogP) is 1.22. The van der Waals surface area contributed by atoms with Crippen molar-refractivity contribution >= 4 is 41.3 Å². The molecule has 9 heteroatoms. The molecule has 4 amide bonds. The van der Waals surface area contributed by atoms with E-state index in [-0.39, 0.29) is 18.0 Å². The van der Waals surface area contributed by atoms with E-state index in [4.69, 9.17) is 4.74 Å². The maximum absolute atomic E-state index is 12.3. The van der Waals surface area contributed by atoms with Gasteiger partial charge in [-0.25, -0.2) is 9.59 Å². The SMILES string of the molecule is C[C@H](OC(=O)c1ccc2c(c1)NC(=O)CCS2)C(=O)N1CCNC1=O. The summed E-state index contributed by atoms with van der Waals surface area (Å²) in [5.41, 5.74) is 0.784.